The van der Waals surface area contributed by atoms with Gasteiger partial charge in [0.15, 0.2) is 0 Å². The zero-order chi connectivity index (χ0) is 13.0. The Kier molecular flexibility index (Phi) is 4.60. The fourth-order valence-corrected chi connectivity index (χ4v) is 2.60. The number of benzene rings is 1. The number of carbonyl (C=O) groups excluding carboxylic acids is 1. The topological polar surface area (TPSA) is 41.6 Å². The van der Waals surface area contributed by atoms with Gasteiger partial charge in [0.1, 0.15) is 0 Å². The number of nitrogens with zero attached hydrogens (tertiary/aromatic N) is 1. The van der Waals surface area contributed by atoms with Gasteiger partial charge in [-0.15, -0.1) is 0 Å². The Morgan fingerprint density at radius 1 is 1.56 bits per heavy atom. The third kappa shape index (κ3) is 3.46. The number of halogens is 1. The average molecular weight is 313 g/mol. The largest absolute Gasteiger partial charge is 0.453 e. The second-order valence-corrected chi connectivity index (χ2v) is 5.30. The number of amides is 1. The van der Waals surface area contributed by atoms with Crippen LogP contribution in [0.3, 0.4) is 0 Å². The molecule has 1 saturated heterocycles. The van der Waals surface area contributed by atoms with E-state index in [1.54, 1.807) is 0 Å². The summed E-state index contributed by atoms with van der Waals surface area (Å²) in [5.41, 5.74) is 1.27. The molecule has 1 aliphatic heterocycles. The zero-order valence-electron chi connectivity index (χ0n) is 10.4. The van der Waals surface area contributed by atoms with Crippen LogP contribution in [0.2, 0.25) is 0 Å². The molecule has 1 aliphatic rings. The third-order valence-corrected chi connectivity index (χ3v) is 3.91. The highest BCUT2D eigenvalue weighted by molar-refractivity contribution is 9.10. The molecule has 0 spiro atoms. The fourth-order valence-electron chi connectivity index (χ4n) is 2.19. The highest BCUT2D eigenvalue weighted by Crippen LogP contribution is 2.20. The normalized spacial score (nSPS) is 19.8. The Hall–Kier alpha value is -1.07. The van der Waals surface area contributed by atoms with E-state index < -0.39 is 0 Å². The number of likely N-dealkylation sites (tertiary alicyclic amines) is 1. The smallest absolute Gasteiger partial charge is 0.407 e. The molecule has 1 aromatic carbocycles. The molecule has 98 valence electrons. The van der Waals surface area contributed by atoms with Crippen molar-refractivity contribution in [2.24, 2.45) is 0 Å². The first-order chi connectivity index (χ1) is 8.69. The van der Waals surface area contributed by atoms with E-state index in [4.69, 9.17) is 0 Å². The number of ether oxygens (including phenoxy) is 1. The maximum Gasteiger partial charge on any atom is 0.407 e. The van der Waals surface area contributed by atoms with E-state index in [0.29, 0.717) is 0 Å². The molecule has 1 N–H and O–H groups in total. The minimum absolute atomic E-state index is 0.194. The van der Waals surface area contributed by atoms with Gasteiger partial charge in [0.25, 0.3) is 0 Å². The summed E-state index contributed by atoms with van der Waals surface area (Å²) in [5, 5.41) is 2.84. The lowest BCUT2D eigenvalue weighted by molar-refractivity contribution is 0.166. The number of hydrogen-bond acceptors (Lipinski definition) is 3. The first kappa shape index (κ1) is 13.4. The summed E-state index contributed by atoms with van der Waals surface area (Å²) in [7, 11) is 1.39. The van der Waals surface area contributed by atoms with E-state index in [1.807, 2.05) is 12.1 Å². The van der Waals surface area contributed by atoms with Crippen LogP contribution < -0.4 is 5.32 Å². The number of methoxy groups -OCH3 is 1. The summed E-state index contributed by atoms with van der Waals surface area (Å²) < 4.78 is 5.74. The van der Waals surface area contributed by atoms with Crippen molar-refractivity contribution in [2.75, 3.05) is 20.2 Å². The van der Waals surface area contributed by atoms with Gasteiger partial charge in [-0.1, -0.05) is 34.1 Å². The first-order valence-electron chi connectivity index (χ1n) is 5.99. The SMILES string of the molecule is COC(=O)NC1CCN(Cc2ccccc2Br)C1. The van der Waals surface area contributed by atoms with Crippen LogP contribution in [0.5, 0.6) is 0 Å². The van der Waals surface area contributed by atoms with Crippen LogP contribution in [-0.2, 0) is 11.3 Å². The van der Waals surface area contributed by atoms with Crippen LogP contribution in [0.1, 0.15) is 12.0 Å². The van der Waals surface area contributed by atoms with Crippen LogP contribution >= 0.6 is 15.9 Å². The van der Waals surface area contributed by atoms with Gasteiger partial charge in [-0.3, -0.25) is 4.90 Å². The first-order valence-corrected chi connectivity index (χ1v) is 6.78. The Balaban J connectivity index is 1.86. The van der Waals surface area contributed by atoms with E-state index in [-0.39, 0.29) is 12.1 Å². The van der Waals surface area contributed by atoms with Gasteiger partial charge in [-0.2, -0.15) is 0 Å². The van der Waals surface area contributed by atoms with Crippen molar-refractivity contribution >= 4 is 22.0 Å². The van der Waals surface area contributed by atoms with E-state index in [0.717, 1.165) is 30.5 Å². The Morgan fingerprint density at radius 2 is 2.33 bits per heavy atom. The highest BCUT2D eigenvalue weighted by atomic mass is 79.9. The molecular formula is C13H17BrN2O2. The van der Waals surface area contributed by atoms with Crippen molar-refractivity contribution in [1.82, 2.24) is 10.2 Å². The Labute approximate surface area is 115 Å². The van der Waals surface area contributed by atoms with Crippen LogP contribution in [0, 0.1) is 0 Å². The summed E-state index contributed by atoms with van der Waals surface area (Å²) in [5.74, 6) is 0. The fraction of sp³-hybridized carbons (Fsp3) is 0.462. The van der Waals surface area contributed by atoms with Crippen molar-refractivity contribution in [2.45, 2.75) is 19.0 Å². The van der Waals surface area contributed by atoms with Gasteiger partial charge in [0.2, 0.25) is 0 Å². The van der Waals surface area contributed by atoms with Crippen molar-refractivity contribution in [3.63, 3.8) is 0 Å². The number of nitrogens with one attached hydrogen (secondary N) is 1. The van der Waals surface area contributed by atoms with Crippen LogP contribution in [0.4, 0.5) is 4.79 Å². The molecule has 0 aliphatic carbocycles. The van der Waals surface area contributed by atoms with Gasteiger partial charge in [-0.25, -0.2) is 4.79 Å². The lowest BCUT2D eigenvalue weighted by atomic mass is 10.2. The Bertz CT molecular complexity index is 425. The molecular weight excluding hydrogens is 296 g/mol. The molecule has 0 bridgehead atoms. The molecule has 1 amide bonds. The maximum absolute atomic E-state index is 11.1. The lowest BCUT2D eigenvalue weighted by Gasteiger charge is -2.17. The number of alkyl carbamates (subject to hydrolysis) is 1. The summed E-state index contributed by atoms with van der Waals surface area (Å²) in [6.45, 7) is 2.77. The molecule has 1 aromatic rings. The van der Waals surface area contributed by atoms with Crippen molar-refractivity contribution in [1.29, 1.82) is 0 Å². The quantitative estimate of drug-likeness (QED) is 0.931. The zero-order valence-corrected chi connectivity index (χ0v) is 11.9. The molecule has 5 heteroatoms. The van der Waals surface area contributed by atoms with Crippen LogP contribution in [0.15, 0.2) is 28.7 Å². The summed E-state index contributed by atoms with van der Waals surface area (Å²) in [6.07, 6.45) is 0.627. The van der Waals surface area contributed by atoms with E-state index in [9.17, 15) is 4.79 Å². The monoisotopic (exact) mass is 312 g/mol. The minimum atomic E-state index is -0.345. The maximum atomic E-state index is 11.1. The summed E-state index contributed by atoms with van der Waals surface area (Å²) >= 11 is 3.55. The van der Waals surface area contributed by atoms with Gasteiger partial charge in [0, 0.05) is 30.1 Å². The average Bonchev–Trinajstić information content (AvgIpc) is 2.79. The van der Waals surface area contributed by atoms with Crippen molar-refractivity contribution in [3.05, 3.63) is 34.3 Å². The molecule has 1 fully saturated rings. The molecule has 0 aromatic heterocycles. The van der Waals surface area contributed by atoms with Crippen LogP contribution in [0.25, 0.3) is 0 Å². The van der Waals surface area contributed by atoms with E-state index in [2.05, 4.69) is 43.0 Å². The van der Waals surface area contributed by atoms with E-state index >= 15 is 0 Å². The molecule has 18 heavy (non-hydrogen) atoms. The van der Waals surface area contributed by atoms with E-state index in [1.165, 1.54) is 12.7 Å². The third-order valence-electron chi connectivity index (χ3n) is 3.13. The molecule has 0 saturated carbocycles. The molecule has 1 unspecified atom stereocenters. The van der Waals surface area contributed by atoms with Crippen molar-refractivity contribution < 1.29 is 9.53 Å². The number of carbonyl (C=O) groups is 1. The molecule has 0 radical (unpaired) electrons. The van der Waals surface area contributed by atoms with Crippen LogP contribution in [-0.4, -0.2) is 37.2 Å². The lowest BCUT2D eigenvalue weighted by Crippen LogP contribution is -2.36. The Morgan fingerprint density at radius 3 is 3.06 bits per heavy atom. The van der Waals surface area contributed by atoms with Crippen molar-refractivity contribution in [3.8, 4) is 0 Å². The van der Waals surface area contributed by atoms with Gasteiger partial charge >= 0.3 is 6.09 Å². The minimum Gasteiger partial charge on any atom is -0.453 e. The molecule has 1 heterocycles. The van der Waals surface area contributed by atoms with Gasteiger partial charge in [0.05, 0.1) is 7.11 Å². The molecule has 2 rings (SSSR count). The second kappa shape index (κ2) is 6.20. The predicted molar refractivity (Wildman–Crippen MR) is 73.4 cm³/mol. The van der Waals surface area contributed by atoms with Gasteiger partial charge < -0.3 is 10.1 Å². The van der Waals surface area contributed by atoms with Gasteiger partial charge in [-0.05, 0) is 18.1 Å². The standard InChI is InChI=1S/C13H17BrN2O2/c1-18-13(17)15-11-6-7-16(9-11)8-10-4-2-3-5-12(10)14/h2-5,11H,6-9H2,1H3,(H,15,17). The number of rotatable bonds is 3. The molecule has 4 nitrogen and oxygen atoms in total. The second-order valence-electron chi connectivity index (χ2n) is 4.45. The molecule has 1 atom stereocenters. The summed E-state index contributed by atoms with van der Waals surface area (Å²) in [4.78, 5) is 13.5. The summed E-state index contributed by atoms with van der Waals surface area (Å²) in [6, 6.07) is 8.42. The number of hydrogen-bond donors (Lipinski definition) is 1. The predicted octanol–water partition coefficient (Wildman–Crippen LogP) is 2.38. The highest BCUT2D eigenvalue weighted by Gasteiger charge is 2.24.